The molecule has 2 N–H and O–H groups in total. The number of aryl methyl sites for hydroxylation is 1. The quantitative estimate of drug-likeness (QED) is 0.845. The van der Waals surface area contributed by atoms with Crippen molar-refractivity contribution >= 4 is 5.82 Å². The van der Waals surface area contributed by atoms with Gasteiger partial charge in [-0.2, -0.15) is 0 Å². The molecule has 1 aliphatic rings. The zero-order valence-electron chi connectivity index (χ0n) is 10.7. The number of nitrogens with one attached hydrogen (secondary N) is 1. The lowest BCUT2D eigenvalue weighted by atomic mass is 9.79. The second-order valence-electron chi connectivity index (χ2n) is 5.50. The van der Waals surface area contributed by atoms with Gasteiger partial charge in [0.2, 0.25) is 0 Å². The molecule has 1 aromatic heterocycles. The summed E-state index contributed by atoms with van der Waals surface area (Å²) in [7, 11) is 0. The van der Waals surface area contributed by atoms with Gasteiger partial charge in [-0.3, -0.25) is 0 Å². The molecule has 0 aliphatic heterocycles. The van der Waals surface area contributed by atoms with Gasteiger partial charge in [0.1, 0.15) is 5.82 Å². The van der Waals surface area contributed by atoms with Gasteiger partial charge in [0.05, 0.1) is 5.60 Å². The van der Waals surface area contributed by atoms with E-state index >= 15 is 0 Å². The molecule has 2 rings (SSSR count). The summed E-state index contributed by atoms with van der Waals surface area (Å²) in [6.07, 6.45) is 6.00. The van der Waals surface area contributed by atoms with E-state index in [1.54, 1.807) is 0 Å². The second-order valence-corrected chi connectivity index (χ2v) is 5.50. The normalized spacial score (nSPS) is 29.0. The summed E-state index contributed by atoms with van der Waals surface area (Å²) in [5, 5.41) is 13.7. The van der Waals surface area contributed by atoms with Crippen LogP contribution < -0.4 is 5.32 Å². The van der Waals surface area contributed by atoms with Crippen LogP contribution in [-0.2, 0) is 0 Å². The molecule has 1 heterocycles. The zero-order chi connectivity index (χ0) is 12.3. The maximum atomic E-state index is 10.5. The van der Waals surface area contributed by atoms with E-state index in [1.165, 1.54) is 6.42 Å². The first-order valence-corrected chi connectivity index (χ1v) is 6.46. The molecule has 1 saturated carbocycles. The van der Waals surface area contributed by atoms with Crippen molar-refractivity contribution in [3.05, 3.63) is 23.9 Å². The first-order chi connectivity index (χ1) is 8.07. The lowest BCUT2D eigenvalue weighted by Gasteiger charge is -2.35. The summed E-state index contributed by atoms with van der Waals surface area (Å²) in [4.78, 5) is 4.29. The third kappa shape index (κ3) is 3.43. The standard InChI is InChI=1S/C14H22N2O/c1-11-4-3-7-14(17,8-11)10-16-13-6-5-12(2)9-15-13/h5-6,9,11,17H,3-4,7-8,10H2,1-2H3,(H,15,16). The molecule has 2 atom stereocenters. The maximum Gasteiger partial charge on any atom is 0.125 e. The molecule has 94 valence electrons. The van der Waals surface area contributed by atoms with Crippen LogP contribution in [0.25, 0.3) is 0 Å². The highest BCUT2D eigenvalue weighted by Gasteiger charge is 2.32. The number of rotatable bonds is 3. The van der Waals surface area contributed by atoms with E-state index < -0.39 is 5.60 Å². The van der Waals surface area contributed by atoms with E-state index in [0.29, 0.717) is 12.5 Å². The van der Waals surface area contributed by atoms with Crippen molar-refractivity contribution in [3.8, 4) is 0 Å². The van der Waals surface area contributed by atoms with Gasteiger partial charge in [-0.15, -0.1) is 0 Å². The molecular weight excluding hydrogens is 212 g/mol. The highest BCUT2D eigenvalue weighted by atomic mass is 16.3. The van der Waals surface area contributed by atoms with E-state index in [1.807, 2.05) is 25.3 Å². The van der Waals surface area contributed by atoms with Crippen molar-refractivity contribution in [2.24, 2.45) is 5.92 Å². The summed E-state index contributed by atoms with van der Waals surface area (Å²) < 4.78 is 0. The van der Waals surface area contributed by atoms with Crippen molar-refractivity contribution in [2.45, 2.75) is 45.1 Å². The highest BCUT2D eigenvalue weighted by Crippen LogP contribution is 2.32. The lowest BCUT2D eigenvalue weighted by molar-refractivity contribution is -0.000825. The van der Waals surface area contributed by atoms with Crippen molar-refractivity contribution < 1.29 is 5.11 Å². The van der Waals surface area contributed by atoms with Gasteiger partial charge >= 0.3 is 0 Å². The molecule has 0 aromatic carbocycles. The highest BCUT2D eigenvalue weighted by molar-refractivity contribution is 5.35. The zero-order valence-corrected chi connectivity index (χ0v) is 10.7. The van der Waals surface area contributed by atoms with Crippen LogP contribution in [0.3, 0.4) is 0 Å². The van der Waals surface area contributed by atoms with Crippen LogP contribution in [0.5, 0.6) is 0 Å². The van der Waals surface area contributed by atoms with Crippen LogP contribution in [0, 0.1) is 12.8 Å². The van der Waals surface area contributed by atoms with Crippen molar-refractivity contribution in [2.75, 3.05) is 11.9 Å². The molecule has 17 heavy (non-hydrogen) atoms. The van der Waals surface area contributed by atoms with Crippen LogP contribution in [0.1, 0.15) is 38.2 Å². The topological polar surface area (TPSA) is 45.1 Å². The second kappa shape index (κ2) is 5.05. The van der Waals surface area contributed by atoms with Gasteiger partial charge in [-0.25, -0.2) is 4.98 Å². The van der Waals surface area contributed by atoms with Gasteiger partial charge in [0.15, 0.2) is 0 Å². The molecule has 1 fully saturated rings. The molecular formula is C14H22N2O. The largest absolute Gasteiger partial charge is 0.388 e. The Hall–Kier alpha value is -1.09. The minimum absolute atomic E-state index is 0.551. The first-order valence-electron chi connectivity index (χ1n) is 6.46. The Labute approximate surface area is 103 Å². The van der Waals surface area contributed by atoms with Gasteiger partial charge in [-0.1, -0.05) is 25.8 Å². The Bertz CT molecular complexity index is 363. The Morgan fingerprint density at radius 2 is 2.35 bits per heavy atom. The molecule has 2 unspecified atom stereocenters. The number of nitrogens with zero attached hydrogens (tertiary/aromatic N) is 1. The van der Waals surface area contributed by atoms with E-state index in [0.717, 1.165) is 30.6 Å². The summed E-state index contributed by atoms with van der Waals surface area (Å²) in [5.41, 5.74) is 0.602. The fourth-order valence-electron chi connectivity index (χ4n) is 2.62. The van der Waals surface area contributed by atoms with E-state index in [4.69, 9.17) is 0 Å². The molecule has 0 bridgehead atoms. The molecule has 1 aliphatic carbocycles. The molecule has 3 heteroatoms. The van der Waals surface area contributed by atoms with Crippen LogP contribution in [-0.4, -0.2) is 22.2 Å². The summed E-state index contributed by atoms with van der Waals surface area (Å²) in [6, 6.07) is 3.99. The average molecular weight is 234 g/mol. The smallest absolute Gasteiger partial charge is 0.125 e. The Kier molecular flexibility index (Phi) is 3.67. The van der Waals surface area contributed by atoms with Gasteiger partial charge in [0, 0.05) is 12.7 Å². The number of hydrogen-bond donors (Lipinski definition) is 2. The van der Waals surface area contributed by atoms with Gasteiger partial charge in [-0.05, 0) is 37.3 Å². The third-order valence-electron chi connectivity index (χ3n) is 3.58. The van der Waals surface area contributed by atoms with Crippen LogP contribution in [0.15, 0.2) is 18.3 Å². The Balaban J connectivity index is 1.90. The van der Waals surface area contributed by atoms with E-state index in [2.05, 4.69) is 17.2 Å². The fraction of sp³-hybridized carbons (Fsp3) is 0.643. The molecule has 0 spiro atoms. The first kappa shape index (κ1) is 12.4. The number of anilines is 1. The predicted molar refractivity (Wildman–Crippen MR) is 70.0 cm³/mol. The van der Waals surface area contributed by atoms with Gasteiger partial charge in [0.25, 0.3) is 0 Å². The molecule has 0 amide bonds. The summed E-state index contributed by atoms with van der Waals surface area (Å²) in [5.74, 6) is 1.48. The van der Waals surface area contributed by atoms with E-state index in [-0.39, 0.29) is 0 Å². The number of aliphatic hydroxyl groups is 1. The number of aromatic nitrogens is 1. The van der Waals surface area contributed by atoms with Crippen LogP contribution in [0.2, 0.25) is 0 Å². The summed E-state index contributed by atoms with van der Waals surface area (Å²) in [6.45, 7) is 4.84. The number of pyridine rings is 1. The molecule has 0 radical (unpaired) electrons. The Morgan fingerprint density at radius 3 is 3.00 bits per heavy atom. The fourth-order valence-corrected chi connectivity index (χ4v) is 2.62. The monoisotopic (exact) mass is 234 g/mol. The van der Waals surface area contributed by atoms with E-state index in [9.17, 15) is 5.11 Å². The third-order valence-corrected chi connectivity index (χ3v) is 3.58. The molecule has 3 nitrogen and oxygen atoms in total. The van der Waals surface area contributed by atoms with Crippen molar-refractivity contribution in [1.82, 2.24) is 4.98 Å². The Morgan fingerprint density at radius 1 is 1.53 bits per heavy atom. The van der Waals surface area contributed by atoms with Crippen LogP contribution in [0.4, 0.5) is 5.82 Å². The maximum absolute atomic E-state index is 10.5. The minimum atomic E-state index is -0.551. The van der Waals surface area contributed by atoms with Crippen molar-refractivity contribution in [1.29, 1.82) is 0 Å². The van der Waals surface area contributed by atoms with Crippen molar-refractivity contribution in [3.63, 3.8) is 0 Å². The van der Waals surface area contributed by atoms with Gasteiger partial charge < -0.3 is 10.4 Å². The predicted octanol–water partition coefficient (Wildman–Crippen LogP) is 2.74. The minimum Gasteiger partial charge on any atom is -0.388 e. The summed E-state index contributed by atoms with van der Waals surface area (Å²) >= 11 is 0. The average Bonchev–Trinajstić information content (AvgIpc) is 2.28. The molecule has 1 aromatic rings. The number of hydrogen-bond acceptors (Lipinski definition) is 3. The lowest BCUT2D eigenvalue weighted by Crippen LogP contribution is -2.41. The van der Waals surface area contributed by atoms with Crippen LogP contribution >= 0.6 is 0 Å². The molecule has 0 saturated heterocycles. The SMILES string of the molecule is Cc1ccc(NCC2(O)CCCC(C)C2)nc1.